The number of nitrogen functional groups attached to an aromatic ring is 1. The van der Waals surface area contributed by atoms with E-state index in [1.807, 2.05) is 7.05 Å². The van der Waals surface area contributed by atoms with E-state index in [0.29, 0.717) is 24.7 Å². The van der Waals surface area contributed by atoms with Gasteiger partial charge < -0.3 is 25.2 Å². The van der Waals surface area contributed by atoms with E-state index in [0.717, 1.165) is 13.1 Å². The Morgan fingerprint density at radius 2 is 2.42 bits per heavy atom. The third kappa shape index (κ3) is 3.59. The highest BCUT2D eigenvalue weighted by molar-refractivity contribution is 5.89. The zero-order valence-corrected chi connectivity index (χ0v) is 10.8. The van der Waals surface area contributed by atoms with Crippen molar-refractivity contribution in [2.45, 2.75) is 6.10 Å². The van der Waals surface area contributed by atoms with E-state index in [-0.39, 0.29) is 11.7 Å². The van der Waals surface area contributed by atoms with E-state index < -0.39 is 5.97 Å². The van der Waals surface area contributed by atoms with Crippen LogP contribution in [0.1, 0.15) is 10.4 Å². The number of carboxylic acid groups (broad SMARTS) is 1. The zero-order chi connectivity index (χ0) is 13.8. The van der Waals surface area contributed by atoms with E-state index in [1.165, 1.54) is 18.2 Å². The SMILES string of the molecule is CN1CCOC(COc2cc(C(=O)O)ccc2N)C1. The molecule has 1 atom stereocenters. The van der Waals surface area contributed by atoms with Crippen molar-refractivity contribution in [3.8, 4) is 5.75 Å². The van der Waals surface area contributed by atoms with Gasteiger partial charge in [-0.2, -0.15) is 0 Å². The molecule has 0 saturated carbocycles. The zero-order valence-electron chi connectivity index (χ0n) is 10.8. The van der Waals surface area contributed by atoms with Crippen LogP contribution in [0.4, 0.5) is 5.69 Å². The van der Waals surface area contributed by atoms with Gasteiger partial charge in [0.1, 0.15) is 18.5 Å². The molecule has 0 aliphatic carbocycles. The van der Waals surface area contributed by atoms with Gasteiger partial charge in [0.05, 0.1) is 17.9 Å². The molecule has 0 bridgehead atoms. The molecule has 0 spiro atoms. The molecule has 0 radical (unpaired) electrons. The molecule has 0 amide bonds. The molecule has 104 valence electrons. The van der Waals surface area contributed by atoms with E-state index in [9.17, 15) is 4.79 Å². The van der Waals surface area contributed by atoms with Crippen LogP contribution >= 0.6 is 0 Å². The van der Waals surface area contributed by atoms with Gasteiger partial charge in [0.25, 0.3) is 0 Å². The highest BCUT2D eigenvalue weighted by Gasteiger charge is 2.19. The summed E-state index contributed by atoms with van der Waals surface area (Å²) in [6.45, 7) is 2.73. The maximum absolute atomic E-state index is 10.9. The Kier molecular flexibility index (Phi) is 4.24. The number of morpholine rings is 1. The van der Waals surface area contributed by atoms with Crippen molar-refractivity contribution in [1.82, 2.24) is 4.90 Å². The molecule has 1 heterocycles. The van der Waals surface area contributed by atoms with Gasteiger partial charge in [-0.05, 0) is 25.2 Å². The van der Waals surface area contributed by atoms with E-state index >= 15 is 0 Å². The maximum atomic E-state index is 10.9. The molecular weight excluding hydrogens is 248 g/mol. The van der Waals surface area contributed by atoms with Crippen LogP contribution in [-0.4, -0.2) is 55.4 Å². The standard InChI is InChI=1S/C13H18N2O4/c1-15-4-5-18-10(7-15)8-19-12-6-9(13(16)17)2-3-11(12)14/h2-3,6,10H,4-5,7-8,14H2,1H3,(H,16,17). The van der Waals surface area contributed by atoms with Crippen molar-refractivity contribution in [2.75, 3.05) is 39.1 Å². The number of nitrogens with zero attached hydrogens (tertiary/aromatic N) is 1. The van der Waals surface area contributed by atoms with Crippen LogP contribution in [0.15, 0.2) is 18.2 Å². The Bertz CT molecular complexity index is 464. The van der Waals surface area contributed by atoms with Crippen LogP contribution in [0.5, 0.6) is 5.75 Å². The number of ether oxygens (including phenoxy) is 2. The lowest BCUT2D eigenvalue weighted by Crippen LogP contribution is -2.42. The Balaban J connectivity index is 1.98. The third-order valence-electron chi connectivity index (χ3n) is 3.03. The summed E-state index contributed by atoms with van der Waals surface area (Å²) < 4.78 is 11.1. The monoisotopic (exact) mass is 266 g/mol. The molecule has 1 unspecified atom stereocenters. The molecular formula is C13H18N2O4. The molecule has 3 N–H and O–H groups in total. The molecule has 1 aromatic rings. The summed E-state index contributed by atoms with van der Waals surface area (Å²) in [5, 5.41) is 8.92. The van der Waals surface area contributed by atoms with Crippen LogP contribution in [0, 0.1) is 0 Å². The fraction of sp³-hybridized carbons (Fsp3) is 0.462. The molecule has 0 aromatic heterocycles. The first-order chi connectivity index (χ1) is 9.06. The van der Waals surface area contributed by atoms with Crippen LogP contribution in [0.2, 0.25) is 0 Å². The number of rotatable bonds is 4. The number of hydrogen-bond acceptors (Lipinski definition) is 5. The summed E-state index contributed by atoms with van der Waals surface area (Å²) in [4.78, 5) is 13.0. The smallest absolute Gasteiger partial charge is 0.335 e. The Morgan fingerprint density at radius 1 is 1.63 bits per heavy atom. The van der Waals surface area contributed by atoms with Crippen LogP contribution in [-0.2, 0) is 4.74 Å². The number of benzene rings is 1. The number of likely N-dealkylation sites (N-methyl/N-ethyl adjacent to an activating group) is 1. The summed E-state index contributed by atoms with van der Waals surface area (Å²) in [7, 11) is 2.02. The van der Waals surface area contributed by atoms with Crippen molar-refractivity contribution in [1.29, 1.82) is 0 Å². The Labute approximate surface area is 111 Å². The number of anilines is 1. The third-order valence-corrected chi connectivity index (χ3v) is 3.03. The molecule has 6 nitrogen and oxygen atoms in total. The van der Waals surface area contributed by atoms with E-state index in [2.05, 4.69) is 4.90 Å². The first-order valence-corrected chi connectivity index (χ1v) is 6.12. The second-order valence-corrected chi connectivity index (χ2v) is 4.62. The lowest BCUT2D eigenvalue weighted by atomic mass is 10.2. The summed E-state index contributed by atoms with van der Waals surface area (Å²) >= 11 is 0. The summed E-state index contributed by atoms with van der Waals surface area (Å²) in [6.07, 6.45) is -0.0216. The van der Waals surface area contributed by atoms with Crippen LogP contribution < -0.4 is 10.5 Å². The minimum atomic E-state index is -1.00. The number of hydrogen-bond donors (Lipinski definition) is 2. The van der Waals surface area contributed by atoms with Gasteiger partial charge in [-0.3, -0.25) is 0 Å². The van der Waals surface area contributed by atoms with Gasteiger partial charge in [0.15, 0.2) is 0 Å². The highest BCUT2D eigenvalue weighted by Crippen LogP contribution is 2.23. The fourth-order valence-electron chi connectivity index (χ4n) is 1.94. The second kappa shape index (κ2) is 5.90. The molecule has 1 saturated heterocycles. The number of nitrogens with two attached hydrogens (primary N) is 1. The Morgan fingerprint density at radius 3 is 3.11 bits per heavy atom. The van der Waals surface area contributed by atoms with Gasteiger partial charge in [-0.25, -0.2) is 4.79 Å². The summed E-state index contributed by atoms with van der Waals surface area (Å²) in [5.74, 6) is -0.616. The topological polar surface area (TPSA) is 85.0 Å². The van der Waals surface area contributed by atoms with Crippen molar-refractivity contribution >= 4 is 11.7 Å². The highest BCUT2D eigenvalue weighted by atomic mass is 16.5. The molecule has 1 aliphatic heterocycles. The van der Waals surface area contributed by atoms with E-state index in [4.69, 9.17) is 20.3 Å². The number of carbonyl (C=O) groups is 1. The quantitative estimate of drug-likeness (QED) is 0.779. The molecule has 19 heavy (non-hydrogen) atoms. The maximum Gasteiger partial charge on any atom is 0.335 e. The average Bonchev–Trinajstić information content (AvgIpc) is 2.37. The van der Waals surface area contributed by atoms with Gasteiger partial charge in [-0.1, -0.05) is 0 Å². The summed E-state index contributed by atoms with van der Waals surface area (Å²) in [5.41, 5.74) is 6.35. The van der Waals surface area contributed by atoms with Crippen LogP contribution in [0.3, 0.4) is 0 Å². The first-order valence-electron chi connectivity index (χ1n) is 6.12. The van der Waals surface area contributed by atoms with Gasteiger partial charge in [0, 0.05) is 13.1 Å². The fourth-order valence-corrected chi connectivity index (χ4v) is 1.94. The van der Waals surface area contributed by atoms with Gasteiger partial charge >= 0.3 is 5.97 Å². The predicted molar refractivity (Wildman–Crippen MR) is 70.5 cm³/mol. The van der Waals surface area contributed by atoms with Crippen molar-refractivity contribution in [2.24, 2.45) is 0 Å². The van der Waals surface area contributed by atoms with Gasteiger partial charge in [0.2, 0.25) is 0 Å². The van der Waals surface area contributed by atoms with Crippen molar-refractivity contribution < 1.29 is 19.4 Å². The minimum Gasteiger partial charge on any atom is -0.489 e. The van der Waals surface area contributed by atoms with Crippen LogP contribution in [0.25, 0.3) is 0 Å². The van der Waals surface area contributed by atoms with E-state index in [1.54, 1.807) is 0 Å². The predicted octanol–water partition coefficient (Wildman–Crippen LogP) is 0.676. The lowest BCUT2D eigenvalue weighted by Gasteiger charge is -2.29. The summed E-state index contributed by atoms with van der Waals surface area (Å²) in [6, 6.07) is 4.42. The number of carboxylic acids is 1. The van der Waals surface area contributed by atoms with Gasteiger partial charge in [-0.15, -0.1) is 0 Å². The van der Waals surface area contributed by atoms with Crippen molar-refractivity contribution in [3.05, 3.63) is 23.8 Å². The molecule has 1 aromatic carbocycles. The van der Waals surface area contributed by atoms with Crippen molar-refractivity contribution in [3.63, 3.8) is 0 Å². The molecule has 1 fully saturated rings. The molecule has 6 heteroatoms. The minimum absolute atomic E-state index is 0.0216. The Hall–Kier alpha value is -1.79. The molecule has 2 rings (SSSR count). The average molecular weight is 266 g/mol. The first kappa shape index (κ1) is 13.6. The number of aromatic carboxylic acids is 1. The lowest BCUT2D eigenvalue weighted by molar-refractivity contribution is -0.0402. The molecule has 1 aliphatic rings. The second-order valence-electron chi connectivity index (χ2n) is 4.62. The normalized spacial score (nSPS) is 20.2. The largest absolute Gasteiger partial charge is 0.489 e.